The lowest BCUT2D eigenvalue weighted by atomic mass is 10.2. The fourth-order valence-corrected chi connectivity index (χ4v) is 2.38. The summed E-state index contributed by atoms with van der Waals surface area (Å²) in [6.45, 7) is 6.41. The van der Waals surface area contributed by atoms with Crippen LogP contribution in [0.5, 0.6) is 5.75 Å². The summed E-state index contributed by atoms with van der Waals surface area (Å²) in [5.41, 5.74) is 1.52. The minimum absolute atomic E-state index is 0.205. The average Bonchev–Trinajstić information content (AvgIpc) is 3.44. The molecule has 1 unspecified atom stereocenters. The van der Waals surface area contributed by atoms with Crippen molar-refractivity contribution in [3.05, 3.63) is 60.2 Å². The molecule has 0 spiro atoms. The molecule has 144 valence electrons. The van der Waals surface area contributed by atoms with Gasteiger partial charge in [0.15, 0.2) is 0 Å². The Labute approximate surface area is 160 Å². The van der Waals surface area contributed by atoms with Crippen LogP contribution in [-0.2, 0) is 9.53 Å². The maximum Gasteiger partial charge on any atom is 0.410 e. The second kappa shape index (κ2) is 9.07. The number of benzene rings is 2. The Balaban J connectivity index is 0.000000208. The molecule has 1 aliphatic rings. The van der Waals surface area contributed by atoms with Gasteiger partial charge in [-0.3, -0.25) is 9.69 Å². The number of carbonyl (C=O) groups is 2. The standard InChI is InChI=1S/C13H17NO2.C8H9NO2/c1-13(2,3)16-12(15)14-9-11(14)10-7-5-4-6-8-10;1-11-8-4-2-7(3-5-8)9-6-10/h4-8,11H,9H2,1-3H3;2-6H,1H3,(H,9,10). The molecule has 2 aromatic rings. The zero-order valence-corrected chi connectivity index (χ0v) is 16.1. The average molecular weight is 370 g/mol. The lowest BCUT2D eigenvalue weighted by Crippen LogP contribution is -2.27. The van der Waals surface area contributed by atoms with Gasteiger partial charge >= 0.3 is 6.09 Å². The maximum atomic E-state index is 11.7. The van der Waals surface area contributed by atoms with Gasteiger partial charge < -0.3 is 14.8 Å². The third kappa shape index (κ3) is 6.66. The molecule has 1 saturated heterocycles. The van der Waals surface area contributed by atoms with Crippen molar-refractivity contribution in [2.24, 2.45) is 0 Å². The molecule has 0 aliphatic carbocycles. The zero-order valence-electron chi connectivity index (χ0n) is 16.1. The molecule has 27 heavy (non-hydrogen) atoms. The van der Waals surface area contributed by atoms with Crippen molar-refractivity contribution in [2.75, 3.05) is 19.0 Å². The van der Waals surface area contributed by atoms with Crippen molar-refractivity contribution in [1.29, 1.82) is 0 Å². The van der Waals surface area contributed by atoms with Crippen molar-refractivity contribution in [1.82, 2.24) is 4.90 Å². The van der Waals surface area contributed by atoms with Crippen LogP contribution in [-0.4, -0.2) is 36.7 Å². The van der Waals surface area contributed by atoms with E-state index in [4.69, 9.17) is 9.47 Å². The van der Waals surface area contributed by atoms with Crippen molar-refractivity contribution in [2.45, 2.75) is 32.4 Å². The van der Waals surface area contributed by atoms with E-state index in [-0.39, 0.29) is 12.1 Å². The molecule has 0 bridgehead atoms. The van der Waals surface area contributed by atoms with Gasteiger partial charge in [-0.25, -0.2) is 4.79 Å². The predicted molar refractivity (Wildman–Crippen MR) is 105 cm³/mol. The zero-order chi connectivity index (χ0) is 19.9. The van der Waals surface area contributed by atoms with Crippen LogP contribution in [0, 0.1) is 0 Å². The first-order valence-electron chi connectivity index (χ1n) is 8.73. The third-order valence-electron chi connectivity index (χ3n) is 3.74. The second-order valence-corrected chi connectivity index (χ2v) is 7.05. The van der Waals surface area contributed by atoms with Crippen LogP contribution in [0.25, 0.3) is 0 Å². The first-order chi connectivity index (χ1) is 12.8. The highest BCUT2D eigenvalue weighted by Gasteiger charge is 2.41. The molecule has 0 radical (unpaired) electrons. The Kier molecular flexibility index (Phi) is 6.82. The fraction of sp³-hybridized carbons (Fsp3) is 0.333. The Morgan fingerprint density at radius 2 is 1.74 bits per heavy atom. The van der Waals surface area contributed by atoms with Crippen molar-refractivity contribution in [3.63, 3.8) is 0 Å². The lowest BCUT2D eigenvalue weighted by Gasteiger charge is -2.19. The van der Waals surface area contributed by atoms with Gasteiger partial charge in [-0.05, 0) is 50.6 Å². The normalized spacial score (nSPS) is 15.1. The van der Waals surface area contributed by atoms with Crippen LogP contribution in [0.4, 0.5) is 10.5 Å². The highest BCUT2D eigenvalue weighted by molar-refractivity contribution is 5.72. The van der Waals surface area contributed by atoms with Gasteiger partial charge in [0.2, 0.25) is 6.41 Å². The maximum absolute atomic E-state index is 11.7. The van der Waals surface area contributed by atoms with Gasteiger partial charge in [-0.1, -0.05) is 30.3 Å². The van der Waals surface area contributed by atoms with Gasteiger partial charge in [0.1, 0.15) is 11.4 Å². The molecule has 6 heteroatoms. The van der Waals surface area contributed by atoms with E-state index in [0.717, 1.165) is 18.0 Å². The third-order valence-corrected chi connectivity index (χ3v) is 3.74. The van der Waals surface area contributed by atoms with E-state index in [0.29, 0.717) is 6.41 Å². The summed E-state index contributed by atoms with van der Waals surface area (Å²) in [6, 6.07) is 17.3. The van der Waals surface area contributed by atoms with Crippen LogP contribution in [0.2, 0.25) is 0 Å². The SMILES string of the molecule is CC(C)(C)OC(=O)N1CC1c1ccccc1.COc1ccc(NC=O)cc1. The van der Waals surface area contributed by atoms with Crippen molar-refractivity contribution in [3.8, 4) is 5.75 Å². The highest BCUT2D eigenvalue weighted by Crippen LogP contribution is 2.35. The number of nitrogens with zero attached hydrogens (tertiary/aromatic N) is 1. The lowest BCUT2D eigenvalue weighted by molar-refractivity contribution is -0.105. The monoisotopic (exact) mass is 370 g/mol. The number of hydrogen-bond acceptors (Lipinski definition) is 4. The molecule has 1 aliphatic heterocycles. The Morgan fingerprint density at radius 3 is 2.26 bits per heavy atom. The molecule has 3 rings (SSSR count). The van der Waals surface area contributed by atoms with Crippen LogP contribution >= 0.6 is 0 Å². The summed E-state index contributed by atoms with van der Waals surface area (Å²) in [5.74, 6) is 0.779. The molecule has 1 fully saturated rings. The molecular formula is C21H26N2O4. The number of carbonyl (C=O) groups excluding carboxylic acids is 2. The van der Waals surface area contributed by atoms with Gasteiger partial charge in [0.25, 0.3) is 0 Å². The summed E-state index contributed by atoms with van der Waals surface area (Å²) in [4.78, 5) is 23.4. The minimum atomic E-state index is -0.416. The van der Waals surface area contributed by atoms with E-state index in [2.05, 4.69) is 5.32 Å². The number of hydrogen-bond donors (Lipinski definition) is 1. The molecule has 1 atom stereocenters. The topological polar surface area (TPSA) is 67.6 Å². The Morgan fingerprint density at radius 1 is 1.11 bits per heavy atom. The molecule has 2 aromatic carbocycles. The largest absolute Gasteiger partial charge is 0.497 e. The molecular weight excluding hydrogens is 344 g/mol. The van der Waals surface area contributed by atoms with Crippen LogP contribution in [0.15, 0.2) is 54.6 Å². The minimum Gasteiger partial charge on any atom is -0.497 e. The highest BCUT2D eigenvalue weighted by atomic mass is 16.6. The second-order valence-electron chi connectivity index (χ2n) is 7.05. The van der Waals surface area contributed by atoms with E-state index in [1.54, 1.807) is 36.3 Å². The summed E-state index contributed by atoms with van der Waals surface area (Å²) in [6.07, 6.45) is 0.420. The fourth-order valence-electron chi connectivity index (χ4n) is 2.38. The van der Waals surface area contributed by atoms with Crippen LogP contribution < -0.4 is 10.1 Å². The van der Waals surface area contributed by atoms with Gasteiger partial charge in [0, 0.05) is 12.2 Å². The van der Waals surface area contributed by atoms with Crippen LogP contribution in [0.3, 0.4) is 0 Å². The Hall–Kier alpha value is -3.02. The van der Waals surface area contributed by atoms with Gasteiger partial charge in [-0.2, -0.15) is 0 Å². The first-order valence-corrected chi connectivity index (χ1v) is 8.73. The van der Waals surface area contributed by atoms with E-state index >= 15 is 0 Å². The number of rotatable bonds is 4. The van der Waals surface area contributed by atoms with E-state index in [1.165, 1.54) is 5.56 Å². The Bertz CT molecular complexity index is 739. The van der Waals surface area contributed by atoms with Crippen molar-refractivity contribution >= 4 is 18.2 Å². The number of methoxy groups -OCH3 is 1. The summed E-state index contributed by atoms with van der Waals surface area (Å²) in [5, 5.41) is 2.52. The molecule has 0 aromatic heterocycles. The number of anilines is 1. The number of nitrogens with one attached hydrogen (secondary N) is 1. The summed E-state index contributed by atoms with van der Waals surface area (Å²) >= 11 is 0. The van der Waals surface area contributed by atoms with E-state index in [1.807, 2.05) is 51.1 Å². The smallest absolute Gasteiger partial charge is 0.410 e. The van der Waals surface area contributed by atoms with E-state index < -0.39 is 5.60 Å². The molecule has 6 nitrogen and oxygen atoms in total. The predicted octanol–water partition coefficient (Wildman–Crippen LogP) is 4.24. The molecule has 0 saturated carbocycles. The van der Waals surface area contributed by atoms with Crippen LogP contribution in [0.1, 0.15) is 32.4 Å². The summed E-state index contributed by atoms with van der Waals surface area (Å²) < 4.78 is 10.2. The van der Waals surface area contributed by atoms with Crippen molar-refractivity contribution < 1.29 is 19.1 Å². The molecule has 1 heterocycles. The van der Waals surface area contributed by atoms with Gasteiger partial charge in [-0.15, -0.1) is 0 Å². The van der Waals surface area contributed by atoms with E-state index in [9.17, 15) is 9.59 Å². The number of ether oxygens (including phenoxy) is 2. The quantitative estimate of drug-likeness (QED) is 0.646. The molecule has 2 amide bonds. The van der Waals surface area contributed by atoms with Gasteiger partial charge in [0.05, 0.1) is 13.2 Å². The molecule has 1 N–H and O–H groups in total. The first kappa shape index (κ1) is 20.3. The summed E-state index contributed by atoms with van der Waals surface area (Å²) in [7, 11) is 1.60. The number of amides is 2.